The van der Waals surface area contributed by atoms with Gasteiger partial charge in [0.25, 0.3) is 0 Å². The van der Waals surface area contributed by atoms with Crippen molar-refractivity contribution in [1.82, 2.24) is 31.5 Å². The molecule has 2 rings (SSSR count). The summed E-state index contributed by atoms with van der Waals surface area (Å²) in [5, 5.41) is 41.3. The number of rotatable bonds is 24. The molecule has 1 saturated heterocycles. The van der Waals surface area contributed by atoms with E-state index in [4.69, 9.17) is 16.6 Å². The van der Waals surface area contributed by atoms with Gasteiger partial charge < -0.3 is 58.3 Å². The highest BCUT2D eigenvalue weighted by Crippen LogP contribution is 2.20. The van der Waals surface area contributed by atoms with E-state index in [1.165, 1.54) is 0 Å². The predicted octanol–water partition coefficient (Wildman–Crippen LogP) is -2.12. The van der Waals surface area contributed by atoms with Gasteiger partial charge in [-0.2, -0.15) is 0 Å². The average Bonchev–Trinajstić information content (AvgIpc) is 3.66. The third kappa shape index (κ3) is 15.4. The summed E-state index contributed by atoms with van der Waals surface area (Å²) in [5.41, 5.74) is 11.7. The van der Waals surface area contributed by atoms with Gasteiger partial charge in [0.15, 0.2) is 0 Å². The Morgan fingerprint density at radius 2 is 1.38 bits per heavy atom. The lowest BCUT2D eigenvalue weighted by Crippen LogP contribution is -2.60. The zero-order valence-corrected chi connectivity index (χ0v) is 33.3. The maximum absolute atomic E-state index is 13.8. The molecule has 1 fully saturated rings. The van der Waals surface area contributed by atoms with Gasteiger partial charge in [-0.1, -0.05) is 64.4 Å². The lowest BCUT2D eigenvalue weighted by Gasteiger charge is -2.31. The molecule has 1 heterocycles. The van der Waals surface area contributed by atoms with E-state index < -0.39 is 115 Å². The quantitative estimate of drug-likeness (QED) is 0.0534. The monoisotopic (exact) mass is 818 g/mol. The molecule has 1 aromatic rings. The van der Waals surface area contributed by atoms with Crippen LogP contribution in [-0.2, 0) is 49.6 Å². The van der Waals surface area contributed by atoms with Crippen LogP contribution in [0.2, 0.25) is 0 Å². The van der Waals surface area contributed by atoms with E-state index in [0.29, 0.717) is 18.4 Å². The molecule has 1 aromatic carbocycles. The molecule has 58 heavy (non-hydrogen) atoms. The first kappa shape index (κ1) is 48.5. The number of carboxylic acids is 2. The summed E-state index contributed by atoms with van der Waals surface area (Å²) < 4.78 is 0. The number of aliphatic hydroxyl groups excluding tert-OH is 1. The van der Waals surface area contributed by atoms with Crippen LogP contribution in [0, 0.1) is 11.8 Å². The summed E-state index contributed by atoms with van der Waals surface area (Å²) in [7, 11) is 0. The number of carbonyl (C=O) groups excluding carboxylic acids is 7. The number of carbonyl (C=O) groups is 9. The fraction of sp³-hybridized carbons (Fsp3) is 0.605. The molecule has 20 heteroatoms. The number of primary amides is 1. The predicted molar refractivity (Wildman–Crippen MR) is 207 cm³/mol. The number of aliphatic hydroxyl groups is 1. The van der Waals surface area contributed by atoms with Gasteiger partial charge >= 0.3 is 11.9 Å². The Labute approximate surface area is 336 Å². The van der Waals surface area contributed by atoms with Gasteiger partial charge in [-0.15, -0.1) is 0 Å². The first-order valence-corrected chi connectivity index (χ1v) is 19.2. The lowest BCUT2D eigenvalue weighted by atomic mass is 9.98. The maximum Gasteiger partial charge on any atom is 0.326 e. The summed E-state index contributed by atoms with van der Waals surface area (Å²) >= 11 is 0. The third-order valence-electron chi connectivity index (χ3n) is 9.71. The lowest BCUT2D eigenvalue weighted by molar-refractivity contribution is -0.146. The minimum Gasteiger partial charge on any atom is -0.481 e. The topological polar surface area (TPSA) is 330 Å². The second-order valence-corrected chi connectivity index (χ2v) is 14.9. The molecule has 322 valence electrons. The second-order valence-electron chi connectivity index (χ2n) is 14.9. The highest BCUT2D eigenvalue weighted by atomic mass is 16.4. The minimum atomic E-state index is -1.56. The fourth-order valence-electron chi connectivity index (χ4n) is 6.32. The van der Waals surface area contributed by atoms with E-state index in [1.54, 1.807) is 58.0 Å². The van der Waals surface area contributed by atoms with Crippen molar-refractivity contribution < 1.29 is 58.5 Å². The number of likely N-dealkylation sites (tertiary alicyclic amines) is 1. The number of nitrogens with zero attached hydrogens (tertiary/aromatic N) is 1. The van der Waals surface area contributed by atoms with Crippen molar-refractivity contribution in [2.45, 2.75) is 121 Å². The van der Waals surface area contributed by atoms with Gasteiger partial charge in [0.05, 0.1) is 19.1 Å². The van der Waals surface area contributed by atoms with Crippen LogP contribution in [0.3, 0.4) is 0 Å². The van der Waals surface area contributed by atoms with E-state index in [-0.39, 0.29) is 44.6 Å². The molecule has 0 spiro atoms. The highest BCUT2D eigenvalue weighted by Gasteiger charge is 2.40. The van der Waals surface area contributed by atoms with Gasteiger partial charge in [0, 0.05) is 19.4 Å². The molecule has 0 aromatic heterocycles. The smallest absolute Gasteiger partial charge is 0.326 e. The summed E-state index contributed by atoms with van der Waals surface area (Å²) in [6.07, 6.45) is -0.453. The Morgan fingerprint density at radius 3 is 1.93 bits per heavy atom. The van der Waals surface area contributed by atoms with Crippen molar-refractivity contribution >= 4 is 53.3 Å². The number of hydrogen-bond donors (Lipinski definition) is 10. The van der Waals surface area contributed by atoms with Crippen LogP contribution in [0.25, 0.3) is 0 Å². The van der Waals surface area contributed by atoms with Crippen LogP contribution in [0.15, 0.2) is 30.3 Å². The molecule has 0 bridgehead atoms. The Morgan fingerprint density at radius 1 is 0.810 bits per heavy atom. The Bertz CT molecular complexity index is 1630. The number of aliphatic carboxylic acids is 2. The number of hydrogen-bond acceptors (Lipinski definition) is 11. The Hall–Kier alpha value is -5.63. The van der Waals surface area contributed by atoms with Crippen molar-refractivity contribution in [3.05, 3.63) is 35.9 Å². The van der Waals surface area contributed by atoms with Crippen molar-refractivity contribution in [1.29, 1.82) is 0 Å². The maximum atomic E-state index is 13.8. The van der Waals surface area contributed by atoms with Gasteiger partial charge in [-0.25, -0.2) is 4.79 Å². The number of nitrogens with two attached hydrogens (primary N) is 2. The Balaban J connectivity index is 2.30. The summed E-state index contributed by atoms with van der Waals surface area (Å²) in [6, 6.07) is -1.10. The van der Waals surface area contributed by atoms with Gasteiger partial charge in [0.1, 0.15) is 36.3 Å². The molecule has 1 aliphatic heterocycles. The molecule has 0 saturated carbocycles. The number of nitrogens with one attached hydrogen (secondary N) is 5. The molecule has 0 aliphatic carbocycles. The molecule has 12 N–H and O–H groups in total. The molecule has 1 aliphatic rings. The van der Waals surface area contributed by atoms with Crippen LogP contribution >= 0.6 is 0 Å². The number of amides is 7. The van der Waals surface area contributed by atoms with Crippen molar-refractivity contribution in [2.24, 2.45) is 23.3 Å². The van der Waals surface area contributed by atoms with Gasteiger partial charge in [-0.05, 0) is 43.1 Å². The number of carboxylic acid groups (broad SMARTS) is 2. The SMILES string of the molecule is CC[C@H](C)[C@H](NC(=O)[C@@H]1CCCN1C(=O)[C@H](CO)NC(=O)[C@H](CC(C)C)NC(=O)[C@H](CCC(N)=O)NC(=O)[C@H](Cc1ccccc1)NC(=O)[C@@H](N)CC(=O)O)C(=O)O. The standard InChI is InChI=1S/C38H58N8O12/c1-5-21(4)31(38(57)58)45-36(55)28-12-9-15-46(28)37(56)27(19-47)44-34(53)25(16-20(2)3)43-33(52)24(13-14-29(40)48)41-35(54)26(17-22-10-7-6-8-11-22)42-32(51)23(39)18-30(49)50/h6-8,10-11,20-21,23-28,31,47H,5,9,12-19,39H2,1-4H3,(H2,40,48)(H,41,54)(H,42,51)(H,43,52)(H,44,53)(H,45,55)(H,49,50)(H,57,58)/t21-,23-,24-,25-,26-,27-,28-,31-/m0/s1. The van der Waals surface area contributed by atoms with E-state index in [1.807, 2.05) is 0 Å². The molecule has 0 radical (unpaired) electrons. The number of benzene rings is 1. The first-order chi connectivity index (χ1) is 27.3. The average molecular weight is 819 g/mol. The van der Waals surface area contributed by atoms with E-state index in [2.05, 4.69) is 26.6 Å². The summed E-state index contributed by atoms with van der Waals surface area (Å²) in [4.78, 5) is 117. The van der Waals surface area contributed by atoms with Crippen LogP contribution in [0.5, 0.6) is 0 Å². The van der Waals surface area contributed by atoms with Crippen molar-refractivity contribution in [3.63, 3.8) is 0 Å². The zero-order chi connectivity index (χ0) is 43.7. The van der Waals surface area contributed by atoms with E-state index in [0.717, 1.165) is 4.90 Å². The largest absolute Gasteiger partial charge is 0.481 e. The highest BCUT2D eigenvalue weighted by molar-refractivity contribution is 5.97. The van der Waals surface area contributed by atoms with Crippen LogP contribution < -0.4 is 38.1 Å². The molecule has 20 nitrogen and oxygen atoms in total. The van der Waals surface area contributed by atoms with Crippen molar-refractivity contribution in [3.8, 4) is 0 Å². The fourth-order valence-corrected chi connectivity index (χ4v) is 6.32. The van der Waals surface area contributed by atoms with Crippen LogP contribution in [0.1, 0.15) is 78.2 Å². The minimum absolute atomic E-state index is 0.00941. The second kappa shape index (κ2) is 23.6. The molecule has 7 amide bonds. The summed E-state index contributed by atoms with van der Waals surface area (Å²) in [5.74, 6) is -9.18. The normalized spacial score (nSPS) is 17.4. The van der Waals surface area contributed by atoms with Crippen LogP contribution in [-0.4, -0.2) is 129 Å². The molecular formula is C38H58N8O12. The van der Waals surface area contributed by atoms with Crippen molar-refractivity contribution in [2.75, 3.05) is 13.2 Å². The Kier molecular flexibility index (Phi) is 19.7. The molecule has 8 atom stereocenters. The third-order valence-corrected chi connectivity index (χ3v) is 9.71. The van der Waals surface area contributed by atoms with E-state index in [9.17, 15) is 53.4 Å². The molecule has 0 unspecified atom stereocenters. The summed E-state index contributed by atoms with van der Waals surface area (Å²) in [6.45, 7) is 6.14. The van der Waals surface area contributed by atoms with Crippen LogP contribution in [0.4, 0.5) is 0 Å². The van der Waals surface area contributed by atoms with Gasteiger partial charge in [0.2, 0.25) is 41.4 Å². The zero-order valence-electron chi connectivity index (χ0n) is 33.3. The first-order valence-electron chi connectivity index (χ1n) is 19.2. The van der Waals surface area contributed by atoms with Gasteiger partial charge in [-0.3, -0.25) is 38.4 Å². The molecular weight excluding hydrogens is 760 g/mol. The van der Waals surface area contributed by atoms with E-state index >= 15 is 0 Å².